The van der Waals surface area contributed by atoms with Crippen molar-refractivity contribution < 1.29 is 19.1 Å². The van der Waals surface area contributed by atoms with E-state index in [0.717, 1.165) is 21.2 Å². The fourth-order valence-corrected chi connectivity index (χ4v) is 4.77. The summed E-state index contributed by atoms with van der Waals surface area (Å²) in [6.07, 6.45) is 1.55. The number of ether oxygens (including phenoxy) is 2. The van der Waals surface area contributed by atoms with Crippen LogP contribution < -0.4 is 20.2 Å². The third-order valence-corrected chi connectivity index (χ3v) is 6.67. The Kier molecular flexibility index (Phi) is 7.64. The van der Waals surface area contributed by atoms with E-state index in [2.05, 4.69) is 15.8 Å². The van der Waals surface area contributed by atoms with E-state index in [9.17, 15) is 9.59 Å². The van der Waals surface area contributed by atoms with E-state index in [1.807, 2.05) is 42.5 Å². The molecule has 0 aliphatic heterocycles. The monoisotopic (exact) mass is 507 g/mol. The smallest absolute Gasteiger partial charge is 0.283 e. The first kappa shape index (κ1) is 24.3. The van der Waals surface area contributed by atoms with Crippen LogP contribution >= 0.6 is 22.9 Å². The van der Waals surface area contributed by atoms with Crippen molar-refractivity contribution in [2.24, 2.45) is 5.10 Å². The van der Waals surface area contributed by atoms with Gasteiger partial charge in [0, 0.05) is 28.3 Å². The molecule has 0 unspecified atom stereocenters. The molecule has 0 saturated heterocycles. The lowest BCUT2D eigenvalue weighted by atomic mass is 10.1. The Morgan fingerprint density at radius 2 is 1.86 bits per heavy atom. The van der Waals surface area contributed by atoms with E-state index in [-0.39, 0.29) is 18.4 Å². The molecule has 0 atom stereocenters. The second-order valence-corrected chi connectivity index (χ2v) is 8.94. The fourth-order valence-electron chi connectivity index (χ4n) is 3.37. The van der Waals surface area contributed by atoms with Gasteiger partial charge in [-0.3, -0.25) is 9.59 Å². The van der Waals surface area contributed by atoms with Gasteiger partial charge in [-0.1, -0.05) is 29.8 Å². The third kappa shape index (κ3) is 5.98. The number of nitrogens with one attached hydrogen (secondary N) is 2. The van der Waals surface area contributed by atoms with Crippen molar-refractivity contribution in [1.29, 1.82) is 0 Å². The number of carbonyl (C=O) groups is 2. The lowest BCUT2D eigenvalue weighted by molar-refractivity contribution is -0.114. The van der Waals surface area contributed by atoms with Crippen molar-refractivity contribution in [2.45, 2.75) is 13.5 Å². The molecule has 4 aromatic rings. The van der Waals surface area contributed by atoms with Gasteiger partial charge in [0.1, 0.15) is 23.0 Å². The molecule has 1 aromatic heterocycles. The predicted molar refractivity (Wildman–Crippen MR) is 140 cm³/mol. The SMILES string of the molecule is COc1ccc(C=NNC(=O)c2sc3ccccc3c2Cl)cc1COc1ccc(NC(C)=O)cc1. The molecule has 0 aliphatic carbocycles. The Morgan fingerprint density at radius 3 is 2.57 bits per heavy atom. The largest absolute Gasteiger partial charge is 0.496 e. The van der Waals surface area contributed by atoms with Gasteiger partial charge in [0.15, 0.2) is 0 Å². The highest BCUT2D eigenvalue weighted by atomic mass is 35.5. The van der Waals surface area contributed by atoms with Gasteiger partial charge < -0.3 is 14.8 Å². The number of hydrogen-bond acceptors (Lipinski definition) is 6. The van der Waals surface area contributed by atoms with Crippen molar-refractivity contribution in [3.05, 3.63) is 87.8 Å². The average molecular weight is 508 g/mol. The Hall–Kier alpha value is -3.88. The van der Waals surface area contributed by atoms with Gasteiger partial charge in [0.05, 0.1) is 18.3 Å². The lowest BCUT2D eigenvalue weighted by Crippen LogP contribution is -2.16. The normalized spacial score (nSPS) is 10.9. The number of carbonyl (C=O) groups excluding carboxylic acids is 2. The van der Waals surface area contributed by atoms with Gasteiger partial charge in [-0.25, -0.2) is 5.43 Å². The van der Waals surface area contributed by atoms with Crippen LogP contribution in [0.25, 0.3) is 10.1 Å². The summed E-state index contributed by atoms with van der Waals surface area (Å²) < 4.78 is 12.3. The summed E-state index contributed by atoms with van der Waals surface area (Å²) in [5.74, 6) is 0.808. The molecule has 1 heterocycles. The number of fused-ring (bicyclic) bond motifs is 1. The van der Waals surface area contributed by atoms with Crippen LogP contribution in [-0.4, -0.2) is 25.1 Å². The summed E-state index contributed by atoms with van der Waals surface area (Å²) in [6, 6.07) is 20.2. The molecular formula is C26H22ClN3O4S. The Bertz CT molecular complexity index is 1400. The number of hydrogen-bond donors (Lipinski definition) is 2. The Balaban J connectivity index is 1.41. The number of nitrogens with zero attached hydrogens (tertiary/aromatic N) is 1. The number of benzene rings is 3. The number of amides is 2. The number of anilines is 1. The topological polar surface area (TPSA) is 89.0 Å². The molecule has 0 spiro atoms. The molecule has 9 heteroatoms. The van der Waals surface area contributed by atoms with E-state index in [0.29, 0.717) is 27.1 Å². The Morgan fingerprint density at radius 1 is 1.09 bits per heavy atom. The summed E-state index contributed by atoms with van der Waals surface area (Å²) in [5.41, 5.74) is 4.80. The molecule has 0 saturated carbocycles. The number of hydrazone groups is 1. The standard InChI is InChI=1S/C26H22ClN3O4S/c1-16(31)29-19-8-10-20(11-9-19)34-15-18-13-17(7-12-22(18)33-2)14-28-30-26(32)25-24(27)21-5-3-4-6-23(21)35-25/h3-14H,15H2,1-2H3,(H,29,31)(H,30,32). The molecular weight excluding hydrogens is 486 g/mol. The first-order chi connectivity index (χ1) is 16.9. The van der Waals surface area contributed by atoms with E-state index < -0.39 is 0 Å². The van der Waals surface area contributed by atoms with Gasteiger partial charge in [0.2, 0.25) is 5.91 Å². The van der Waals surface area contributed by atoms with E-state index >= 15 is 0 Å². The molecule has 2 N–H and O–H groups in total. The van der Waals surface area contributed by atoms with Gasteiger partial charge in [-0.05, 0) is 54.1 Å². The van der Waals surface area contributed by atoms with Gasteiger partial charge in [-0.15, -0.1) is 11.3 Å². The first-order valence-electron chi connectivity index (χ1n) is 10.6. The average Bonchev–Trinajstić information content (AvgIpc) is 3.20. The molecule has 3 aromatic carbocycles. The summed E-state index contributed by atoms with van der Waals surface area (Å²) in [6.45, 7) is 1.71. The van der Waals surface area contributed by atoms with Gasteiger partial charge in [0.25, 0.3) is 5.91 Å². The molecule has 4 rings (SSSR count). The second-order valence-electron chi connectivity index (χ2n) is 7.51. The highest BCUT2D eigenvalue weighted by molar-refractivity contribution is 7.21. The van der Waals surface area contributed by atoms with E-state index in [4.69, 9.17) is 21.1 Å². The minimum Gasteiger partial charge on any atom is -0.496 e. The molecule has 178 valence electrons. The van der Waals surface area contributed by atoms with Crippen LogP contribution in [0.15, 0.2) is 71.8 Å². The number of methoxy groups -OCH3 is 1. The summed E-state index contributed by atoms with van der Waals surface area (Å²) in [7, 11) is 1.59. The predicted octanol–water partition coefficient (Wildman–Crippen LogP) is 5.86. The minimum atomic E-state index is -0.368. The van der Waals surface area contributed by atoms with Crippen molar-refractivity contribution in [1.82, 2.24) is 5.43 Å². The van der Waals surface area contributed by atoms with E-state index in [1.165, 1.54) is 18.3 Å². The quantitative estimate of drug-likeness (QED) is 0.231. The molecule has 0 fully saturated rings. The number of rotatable bonds is 8. The summed E-state index contributed by atoms with van der Waals surface area (Å²) in [4.78, 5) is 24.1. The third-order valence-electron chi connectivity index (χ3n) is 4.99. The van der Waals surface area contributed by atoms with Crippen molar-refractivity contribution >= 4 is 56.7 Å². The van der Waals surface area contributed by atoms with Crippen molar-refractivity contribution in [3.8, 4) is 11.5 Å². The lowest BCUT2D eigenvalue weighted by Gasteiger charge is -2.11. The maximum atomic E-state index is 12.6. The summed E-state index contributed by atoms with van der Waals surface area (Å²) in [5, 5.41) is 8.07. The van der Waals surface area contributed by atoms with Crippen LogP contribution in [0, 0.1) is 0 Å². The minimum absolute atomic E-state index is 0.134. The molecule has 7 nitrogen and oxygen atoms in total. The first-order valence-corrected chi connectivity index (χ1v) is 11.8. The van der Waals surface area contributed by atoms with Crippen LogP contribution in [0.1, 0.15) is 27.7 Å². The van der Waals surface area contributed by atoms with Crippen LogP contribution in [0.4, 0.5) is 5.69 Å². The van der Waals surface area contributed by atoms with Crippen LogP contribution in [-0.2, 0) is 11.4 Å². The Labute approximate surface area is 211 Å². The van der Waals surface area contributed by atoms with Crippen LogP contribution in [0.5, 0.6) is 11.5 Å². The molecule has 2 amide bonds. The zero-order valence-corrected chi connectivity index (χ0v) is 20.6. The van der Waals surface area contributed by atoms with E-state index in [1.54, 1.807) is 37.6 Å². The molecule has 35 heavy (non-hydrogen) atoms. The highest BCUT2D eigenvalue weighted by Crippen LogP contribution is 2.35. The molecule has 0 bridgehead atoms. The zero-order valence-electron chi connectivity index (χ0n) is 19.0. The molecule has 0 radical (unpaired) electrons. The number of thiophene rings is 1. The molecule has 0 aliphatic rings. The summed E-state index contributed by atoms with van der Waals surface area (Å²) >= 11 is 7.69. The van der Waals surface area contributed by atoms with Gasteiger partial charge >= 0.3 is 0 Å². The maximum absolute atomic E-state index is 12.6. The van der Waals surface area contributed by atoms with Crippen molar-refractivity contribution in [2.75, 3.05) is 12.4 Å². The zero-order chi connectivity index (χ0) is 24.8. The van der Waals surface area contributed by atoms with Crippen LogP contribution in [0.2, 0.25) is 5.02 Å². The number of halogens is 1. The van der Waals surface area contributed by atoms with Crippen molar-refractivity contribution in [3.63, 3.8) is 0 Å². The maximum Gasteiger partial charge on any atom is 0.283 e. The second kappa shape index (κ2) is 11.0. The van der Waals surface area contributed by atoms with Crippen LogP contribution in [0.3, 0.4) is 0 Å². The van der Waals surface area contributed by atoms with Gasteiger partial charge in [-0.2, -0.15) is 5.10 Å². The highest BCUT2D eigenvalue weighted by Gasteiger charge is 2.16. The fraction of sp³-hybridized carbons (Fsp3) is 0.115.